The van der Waals surface area contributed by atoms with Gasteiger partial charge in [0, 0.05) is 12.1 Å². The van der Waals surface area contributed by atoms with Gasteiger partial charge < -0.3 is 10.7 Å². The van der Waals surface area contributed by atoms with Crippen molar-refractivity contribution in [3.63, 3.8) is 0 Å². The number of nitrogens with zero attached hydrogens (tertiary/aromatic N) is 3. The first-order chi connectivity index (χ1) is 14.6. The van der Waals surface area contributed by atoms with Crippen LogP contribution in [0.25, 0.3) is 0 Å². The minimum absolute atomic E-state index is 0.0438. The molecule has 0 unspecified atom stereocenters. The molecular formula is C23H27N5OS. The quantitative estimate of drug-likeness (QED) is 0.613. The fourth-order valence-corrected chi connectivity index (χ4v) is 4.71. The first kappa shape index (κ1) is 20.5. The number of amides is 1. The molecule has 6 nitrogen and oxygen atoms in total. The van der Waals surface area contributed by atoms with Crippen LogP contribution in [0.5, 0.6) is 0 Å². The minimum Gasteiger partial charge on any atom is -0.325 e. The topological polar surface area (TPSA) is 71.8 Å². The molecule has 0 spiro atoms. The van der Waals surface area contributed by atoms with Gasteiger partial charge in [-0.2, -0.15) is 0 Å². The molecule has 0 saturated carbocycles. The Morgan fingerprint density at radius 3 is 2.60 bits per heavy atom. The van der Waals surface area contributed by atoms with Crippen molar-refractivity contribution in [2.24, 2.45) is 0 Å². The monoisotopic (exact) mass is 421 g/mol. The summed E-state index contributed by atoms with van der Waals surface area (Å²) in [5, 5.41) is 12.1. The number of anilines is 1. The zero-order valence-electron chi connectivity index (χ0n) is 17.6. The fourth-order valence-electron chi connectivity index (χ4n) is 3.61. The number of hydrogen-bond acceptors (Lipinski definition) is 5. The number of benzene rings is 2. The van der Waals surface area contributed by atoms with Gasteiger partial charge in [0.25, 0.3) is 0 Å². The molecule has 7 heteroatoms. The Kier molecular flexibility index (Phi) is 6.08. The van der Waals surface area contributed by atoms with Gasteiger partial charge in [-0.25, -0.2) is 4.68 Å². The zero-order valence-corrected chi connectivity index (χ0v) is 18.4. The van der Waals surface area contributed by atoms with E-state index in [2.05, 4.69) is 59.1 Å². The Bertz CT molecular complexity index is 1030. The lowest BCUT2D eigenvalue weighted by Crippen LogP contribution is -2.41. The van der Waals surface area contributed by atoms with E-state index in [0.29, 0.717) is 0 Å². The molecule has 0 aliphatic carbocycles. The van der Waals surface area contributed by atoms with Crippen LogP contribution >= 0.6 is 11.8 Å². The molecule has 0 fully saturated rings. The Morgan fingerprint density at radius 2 is 1.90 bits per heavy atom. The van der Waals surface area contributed by atoms with E-state index >= 15 is 0 Å². The van der Waals surface area contributed by atoms with E-state index in [0.717, 1.165) is 47.1 Å². The van der Waals surface area contributed by atoms with Gasteiger partial charge in [-0.3, -0.25) is 4.79 Å². The van der Waals surface area contributed by atoms with E-state index in [-0.39, 0.29) is 17.2 Å². The molecule has 1 amide bonds. The van der Waals surface area contributed by atoms with Gasteiger partial charge in [-0.05, 0) is 42.5 Å². The van der Waals surface area contributed by atoms with E-state index < -0.39 is 0 Å². The molecule has 1 aliphatic heterocycles. The van der Waals surface area contributed by atoms with Crippen molar-refractivity contribution in [1.82, 2.24) is 14.9 Å². The number of hydrogen-bond donors (Lipinski definition) is 2. The summed E-state index contributed by atoms with van der Waals surface area (Å²) in [7, 11) is 0. The van der Waals surface area contributed by atoms with Crippen LogP contribution in [-0.4, -0.2) is 26.0 Å². The maximum absolute atomic E-state index is 13.3. The van der Waals surface area contributed by atoms with Crippen molar-refractivity contribution >= 4 is 23.4 Å². The Hall–Kier alpha value is -2.80. The van der Waals surface area contributed by atoms with Crippen LogP contribution in [0, 0.1) is 6.92 Å². The van der Waals surface area contributed by atoms with Crippen LogP contribution in [0.4, 0.5) is 5.69 Å². The third-order valence-electron chi connectivity index (χ3n) is 5.39. The summed E-state index contributed by atoms with van der Waals surface area (Å²) in [5.74, 6) is 0.852. The number of nitrogens with one attached hydrogen (secondary N) is 2. The molecule has 3 aromatic rings. The summed E-state index contributed by atoms with van der Waals surface area (Å²) in [6.07, 6.45) is 2.81. The summed E-state index contributed by atoms with van der Waals surface area (Å²) >= 11 is 1.46. The molecule has 1 aromatic heterocycles. The maximum Gasteiger partial charge on any atom is 0.240 e. The summed E-state index contributed by atoms with van der Waals surface area (Å²) < 4.78 is 1.95. The molecule has 2 atom stereocenters. The number of thioether (sulfide) groups is 1. The lowest BCUT2D eigenvalue weighted by atomic mass is 10.0. The Balaban J connectivity index is 1.67. The van der Waals surface area contributed by atoms with Gasteiger partial charge >= 0.3 is 0 Å². The lowest BCUT2D eigenvalue weighted by molar-refractivity contribution is -0.116. The molecule has 1 aliphatic rings. The first-order valence-electron chi connectivity index (χ1n) is 10.4. The van der Waals surface area contributed by atoms with Gasteiger partial charge in [0.15, 0.2) is 5.82 Å². The number of fused-ring (bicyclic) bond motifs is 1. The van der Waals surface area contributed by atoms with Crippen molar-refractivity contribution in [2.75, 3.05) is 10.7 Å². The largest absolute Gasteiger partial charge is 0.325 e. The fraction of sp³-hybridized carbons (Fsp3) is 0.348. The van der Waals surface area contributed by atoms with Crippen molar-refractivity contribution in [3.8, 4) is 0 Å². The summed E-state index contributed by atoms with van der Waals surface area (Å²) in [4.78, 5) is 13.3. The van der Waals surface area contributed by atoms with Gasteiger partial charge in [0.05, 0.1) is 6.04 Å². The van der Waals surface area contributed by atoms with Gasteiger partial charge in [0.2, 0.25) is 11.1 Å². The minimum atomic E-state index is -0.372. The van der Waals surface area contributed by atoms with E-state index in [1.54, 1.807) is 0 Å². The van der Waals surface area contributed by atoms with Crippen LogP contribution in [0.15, 0.2) is 53.7 Å². The summed E-state index contributed by atoms with van der Waals surface area (Å²) in [6.45, 7) is 6.26. The van der Waals surface area contributed by atoms with Crippen LogP contribution in [0.2, 0.25) is 0 Å². The maximum atomic E-state index is 13.3. The smallest absolute Gasteiger partial charge is 0.240 e. The lowest BCUT2D eigenvalue weighted by Gasteiger charge is -2.33. The van der Waals surface area contributed by atoms with Crippen molar-refractivity contribution in [1.29, 1.82) is 0 Å². The van der Waals surface area contributed by atoms with Crippen LogP contribution in [0.1, 0.15) is 48.8 Å². The van der Waals surface area contributed by atoms with Crippen LogP contribution in [0.3, 0.4) is 0 Å². The summed E-state index contributed by atoms with van der Waals surface area (Å²) in [5.41, 5.74) is 7.75. The van der Waals surface area contributed by atoms with Crippen LogP contribution < -0.4 is 10.7 Å². The predicted molar refractivity (Wildman–Crippen MR) is 121 cm³/mol. The number of aromatic nitrogens is 3. The normalized spacial score (nSPS) is 17.8. The molecule has 156 valence electrons. The highest BCUT2D eigenvalue weighted by Gasteiger charge is 2.37. The number of rotatable bonds is 6. The van der Waals surface area contributed by atoms with Crippen LogP contribution in [-0.2, 0) is 17.6 Å². The number of para-hydroxylation sites is 1. The van der Waals surface area contributed by atoms with E-state index in [9.17, 15) is 4.79 Å². The third-order valence-corrected chi connectivity index (χ3v) is 6.60. The van der Waals surface area contributed by atoms with Crippen molar-refractivity contribution in [3.05, 3.63) is 71.0 Å². The number of aryl methyl sites for hydroxylation is 3. The second kappa shape index (κ2) is 8.92. The highest BCUT2D eigenvalue weighted by atomic mass is 32.2. The molecule has 0 bridgehead atoms. The highest BCUT2D eigenvalue weighted by Crippen LogP contribution is 2.38. The Labute approximate surface area is 181 Å². The van der Waals surface area contributed by atoms with E-state index in [1.807, 2.05) is 35.9 Å². The molecule has 2 N–H and O–H groups in total. The molecule has 0 saturated heterocycles. The molecule has 30 heavy (non-hydrogen) atoms. The molecular weight excluding hydrogens is 394 g/mol. The van der Waals surface area contributed by atoms with E-state index in [1.165, 1.54) is 17.3 Å². The number of carbonyl (C=O) groups is 1. The molecule has 2 aromatic carbocycles. The van der Waals surface area contributed by atoms with Crippen molar-refractivity contribution < 1.29 is 4.79 Å². The average molecular weight is 422 g/mol. The second-order valence-electron chi connectivity index (χ2n) is 7.53. The first-order valence-corrected chi connectivity index (χ1v) is 11.3. The van der Waals surface area contributed by atoms with Gasteiger partial charge in [-0.1, -0.05) is 68.1 Å². The average Bonchev–Trinajstić information content (AvgIpc) is 3.16. The standard InChI is InChI=1S/C23H27N5OS/c1-4-8-19-25-26-23-28(19)27-20(17-13-11-16(5-2)12-14-17)21(30-23)22(29)24-18-10-7-6-9-15(18)3/h6-7,9-14,20-21,27H,4-5,8H2,1-3H3,(H,24,29)/t20-,21-/m1/s1. The second-order valence-corrected chi connectivity index (χ2v) is 8.64. The Morgan fingerprint density at radius 1 is 1.13 bits per heavy atom. The molecule has 2 heterocycles. The summed E-state index contributed by atoms with van der Waals surface area (Å²) in [6, 6.07) is 16.1. The molecule has 0 radical (unpaired) electrons. The van der Waals surface area contributed by atoms with Gasteiger partial charge in [0.1, 0.15) is 5.25 Å². The third kappa shape index (κ3) is 4.07. The van der Waals surface area contributed by atoms with E-state index in [4.69, 9.17) is 0 Å². The van der Waals surface area contributed by atoms with Crippen molar-refractivity contribution in [2.45, 2.75) is 56.5 Å². The zero-order chi connectivity index (χ0) is 21.1. The molecule has 4 rings (SSSR count). The predicted octanol–water partition coefficient (Wildman–Crippen LogP) is 4.50. The van der Waals surface area contributed by atoms with Gasteiger partial charge in [-0.15, -0.1) is 10.2 Å². The number of carbonyl (C=O) groups excluding carboxylic acids is 1. The highest BCUT2D eigenvalue weighted by molar-refractivity contribution is 8.00. The SMILES string of the molecule is CCCc1nnc2n1N[C@H](c1ccc(CC)cc1)[C@H](C(=O)Nc1ccccc1C)S2.